The van der Waals surface area contributed by atoms with Crippen molar-refractivity contribution in [3.8, 4) is 0 Å². The van der Waals surface area contributed by atoms with Crippen LogP contribution in [0.4, 0.5) is 8.78 Å². The van der Waals surface area contributed by atoms with Gasteiger partial charge >= 0.3 is 0 Å². The van der Waals surface area contributed by atoms with Crippen molar-refractivity contribution in [1.29, 1.82) is 0 Å². The average Bonchev–Trinajstić information content (AvgIpc) is 2.27. The molecular formula is C13H17F2N. The minimum atomic E-state index is -2.86. The minimum Gasteiger partial charge on any atom is -0.280 e. The number of hydrogen-bond acceptors (Lipinski definition) is 1. The Labute approximate surface area is 95.2 Å². The maximum Gasteiger partial charge on any atom is 0.289 e. The molecule has 1 nitrogen and oxygen atoms in total. The Bertz CT molecular complexity index is 355. The van der Waals surface area contributed by atoms with Gasteiger partial charge in [0.05, 0.1) is 0 Å². The third kappa shape index (κ3) is 3.12. The zero-order valence-corrected chi connectivity index (χ0v) is 9.87. The third-order valence-corrected chi connectivity index (χ3v) is 2.23. The molecular weight excluding hydrogens is 208 g/mol. The first kappa shape index (κ1) is 12.8. The molecule has 0 aliphatic carbocycles. The molecule has 88 valence electrons. The van der Waals surface area contributed by atoms with E-state index in [9.17, 15) is 8.78 Å². The van der Waals surface area contributed by atoms with Gasteiger partial charge in [-0.25, -0.2) is 0 Å². The summed E-state index contributed by atoms with van der Waals surface area (Å²) < 4.78 is 27.5. The lowest BCUT2D eigenvalue weighted by molar-refractivity contribution is 0.0740. The van der Waals surface area contributed by atoms with Gasteiger partial charge < -0.3 is 0 Å². The largest absolute Gasteiger partial charge is 0.289 e. The highest BCUT2D eigenvalue weighted by atomic mass is 19.3. The second-order valence-electron chi connectivity index (χ2n) is 4.00. The van der Waals surface area contributed by atoms with Crippen LogP contribution < -0.4 is 0 Å². The van der Waals surface area contributed by atoms with E-state index in [1.54, 1.807) is 44.2 Å². The highest BCUT2D eigenvalue weighted by Gasteiger charge is 2.34. The van der Waals surface area contributed by atoms with Crippen LogP contribution in [0, 0.1) is 0 Å². The molecule has 0 aliphatic rings. The lowest BCUT2D eigenvalue weighted by Crippen LogP contribution is -2.29. The molecule has 1 aromatic carbocycles. The van der Waals surface area contributed by atoms with E-state index < -0.39 is 5.92 Å². The van der Waals surface area contributed by atoms with Crippen LogP contribution in [0.2, 0.25) is 0 Å². The molecule has 0 unspecified atom stereocenters. The van der Waals surface area contributed by atoms with E-state index in [0.717, 1.165) is 0 Å². The fourth-order valence-electron chi connectivity index (χ4n) is 1.40. The Balaban J connectivity index is 3.18. The molecule has 1 aromatic rings. The summed E-state index contributed by atoms with van der Waals surface area (Å²) in [6, 6.07) is 8.51. The molecule has 0 aromatic heterocycles. The average molecular weight is 225 g/mol. The first-order chi connectivity index (χ1) is 7.47. The Morgan fingerprint density at radius 2 is 1.81 bits per heavy atom. The number of halogens is 2. The van der Waals surface area contributed by atoms with E-state index in [1.165, 1.54) is 6.92 Å². The predicted octanol–water partition coefficient (Wildman–Crippen LogP) is 3.93. The molecule has 16 heavy (non-hydrogen) atoms. The molecule has 0 aliphatic heterocycles. The SMILES string of the molecule is CCC(F)(F)C(=NC(C)C)c1ccccc1. The number of rotatable bonds is 4. The van der Waals surface area contributed by atoms with Crippen LogP contribution in [0.25, 0.3) is 0 Å². The Kier molecular flexibility index (Phi) is 4.16. The standard InChI is InChI=1S/C13H17F2N/c1-4-13(14,15)12(16-10(2)3)11-8-6-5-7-9-11/h5-10H,4H2,1-3H3. The summed E-state index contributed by atoms with van der Waals surface area (Å²) in [5.41, 5.74) is 0.397. The molecule has 0 radical (unpaired) electrons. The molecule has 0 fully saturated rings. The summed E-state index contributed by atoms with van der Waals surface area (Å²) in [4.78, 5) is 4.06. The molecule has 0 saturated carbocycles. The summed E-state index contributed by atoms with van der Waals surface area (Å²) in [6.45, 7) is 5.07. The van der Waals surface area contributed by atoms with Gasteiger partial charge in [0, 0.05) is 18.0 Å². The maximum absolute atomic E-state index is 13.7. The van der Waals surface area contributed by atoms with E-state index >= 15 is 0 Å². The summed E-state index contributed by atoms with van der Waals surface area (Å²) in [5, 5.41) is 0. The van der Waals surface area contributed by atoms with Gasteiger partial charge in [0.25, 0.3) is 5.92 Å². The zero-order valence-electron chi connectivity index (χ0n) is 9.87. The molecule has 0 bridgehead atoms. The fraction of sp³-hybridized carbons (Fsp3) is 0.462. The van der Waals surface area contributed by atoms with Crippen molar-refractivity contribution < 1.29 is 8.78 Å². The van der Waals surface area contributed by atoms with Crippen LogP contribution in [0.1, 0.15) is 32.8 Å². The summed E-state index contributed by atoms with van der Waals surface area (Å²) in [5.74, 6) is -2.86. The second-order valence-corrected chi connectivity index (χ2v) is 4.00. The monoisotopic (exact) mass is 225 g/mol. The molecule has 0 amide bonds. The fourth-order valence-corrected chi connectivity index (χ4v) is 1.40. The summed E-state index contributed by atoms with van der Waals surface area (Å²) >= 11 is 0. The minimum absolute atomic E-state index is 0.106. The smallest absolute Gasteiger partial charge is 0.280 e. The van der Waals surface area contributed by atoms with Gasteiger partial charge in [-0.15, -0.1) is 0 Å². The van der Waals surface area contributed by atoms with Gasteiger partial charge in [0.2, 0.25) is 0 Å². The quantitative estimate of drug-likeness (QED) is 0.688. The van der Waals surface area contributed by atoms with Crippen molar-refractivity contribution >= 4 is 5.71 Å². The van der Waals surface area contributed by atoms with Gasteiger partial charge in [0.1, 0.15) is 5.71 Å². The van der Waals surface area contributed by atoms with Crippen LogP contribution in [0.5, 0.6) is 0 Å². The lowest BCUT2D eigenvalue weighted by Gasteiger charge is -2.18. The van der Waals surface area contributed by atoms with Crippen LogP contribution >= 0.6 is 0 Å². The van der Waals surface area contributed by atoms with Gasteiger partial charge in [-0.1, -0.05) is 37.3 Å². The van der Waals surface area contributed by atoms with Crippen LogP contribution in [0.15, 0.2) is 35.3 Å². The molecule has 0 heterocycles. The highest BCUT2D eigenvalue weighted by Crippen LogP contribution is 2.25. The number of benzene rings is 1. The van der Waals surface area contributed by atoms with Gasteiger partial charge in [-0.3, -0.25) is 4.99 Å². The Morgan fingerprint density at radius 3 is 2.25 bits per heavy atom. The van der Waals surface area contributed by atoms with E-state index in [-0.39, 0.29) is 18.2 Å². The molecule has 0 atom stereocenters. The normalized spacial score (nSPS) is 13.2. The summed E-state index contributed by atoms with van der Waals surface area (Å²) in [7, 11) is 0. The van der Waals surface area contributed by atoms with Gasteiger partial charge in [-0.2, -0.15) is 8.78 Å². The van der Waals surface area contributed by atoms with Crippen molar-refractivity contribution in [2.24, 2.45) is 4.99 Å². The molecule has 1 rings (SSSR count). The van der Waals surface area contributed by atoms with Gasteiger partial charge in [0.15, 0.2) is 0 Å². The van der Waals surface area contributed by atoms with Crippen molar-refractivity contribution in [2.75, 3.05) is 0 Å². The van der Waals surface area contributed by atoms with Crippen molar-refractivity contribution in [3.05, 3.63) is 35.9 Å². The Hall–Kier alpha value is -1.25. The topological polar surface area (TPSA) is 12.4 Å². The first-order valence-corrected chi connectivity index (χ1v) is 5.49. The van der Waals surface area contributed by atoms with Crippen LogP contribution in [-0.2, 0) is 0 Å². The van der Waals surface area contributed by atoms with E-state index in [2.05, 4.69) is 4.99 Å². The number of nitrogens with zero attached hydrogens (tertiary/aromatic N) is 1. The number of aliphatic imine (C=N–C) groups is 1. The lowest BCUT2D eigenvalue weighted by atomic mass is 10.0. The van der Waals surface area contributed by atoms with Gasteiger partial charge in [-0.05, 0) is 13.8 Å². The number of hydrogen-bond donors (Lipinski definition) is 0. The maximum atomic E-state index is 13.7. The van der Waals surface area contributed by atoms with Crippen molar-refractivity contribution in [3.63, 3.8) is 0 Å². The van der Waals surface area contributed by atoms with E-state index in [0.29, 0.717) is 5.56 Å². The summed E-state index contributed by atoms with van der Waals surface area (Å²) in [6.07, 6.45) is -0.229. The van der Waals surface area contributed by atoms with Crippen molar-refractivity contribution in [2.45, 2.75) is 39.2 Å². The van der Waals surface area contributed by atoms with E-state index in [4.69, 9.17) is 0 Å². The van der Waals surface area contributed by atoms with Crippen LogP contribution in [-0.4, -0.2) is 17.7 Å². The second kappa shape index (κ2) is 5.19. The molecule has 3 heteroatoms. The Morgan fingerprint density at radius 1 is 1.25 bits per heavy atom. The molecule has 0 N–H and O–H groups in total. The van der Waals surface area contributed by atoms with E-state index in [1.807, 2.05) is 0 Å². The predicted molar refractivity (Wildman–Crippen MR) is 63.4 cm³/mol. The molecule has 0 saturated heterocycles. The van der Waals surface area contributed by atoms with Crippen molar-refractivity contribution in [1.82, 2.24) is 0 Å². The zero-order chi connectivity index (χ0) is 12.2. The number of alkyl halides is 2. The first-order valence-electron chi connectivity index (χ1n) is 5.49. The van der Waals surface area contributed by atoms with Crippen LogP contribution in [0.3, 0.4) is 0 Å². The molecule has 0 spiro atoms. The third-order valence-electron chi connectivity index (χ3n) is 2.23. The highest BCUT2D eigenvalue weighted by molar-refractivity contribution is 6.05.